The minimum atomic E-state index is -0.668. The Morgan fingerprint density at radius 3 is 2.33 bits per heavy atom. The van der Waals surface area contributed by atoms with Crippen molar-refractivity contribution in [1.29, 1.82) is 5.26 Å². The van der Waals surface area contributed by atoms with Gasteiger partial charge in [-0.25, -0.2) is 8.78 Å². The molecule has 3 aromatic rings. The van der Waals surface area contributed by atoms with Gasteiger partial charge in [0, 0.05) is 10.4 Å². The Hall–Kier alpha value is -2.23. The predicted molar refractivity (Wildman–Crippen MR) is 82.1 cm³/mol. The van der Waals surface area contributed by atoms with Crippen molar-refractivity contribution in [2.75, 3.05) is 5.73 Å². The molecule has 0 aliphatic heterocycles. The van der Waals surface area contributed by atoms with Gasteiger partial charge in [-0.2, -0.15) is 5.26 Å². The Bertz CT molecular complexity index is 825. The fourth-order valence-electron chi connectivity index (χ4n) is 2.08. The molecular weight excluding hydrogens is 310 g/mol. The van der Waals surface area contributed by atoms with E-state index >= 15 is 0 Å². The van der Waals surface area contributed by atoms with Crippen LogP contribution in [0.1, 0.15) is 4.88 Å². The van der Waals surface area contributed by atoms with Crippen molar-refractivity contribution >= 4 is 28.4 Å². The van der Waals surface area contributed by atoms with Crippen LogP contribution in [0, 0.1) is 23.0 Å². The first-order chi connectivity index (χ1) is 10.1. The molecule has 0 aliphatic carbocycles. The zero-order valence-electron chi connectivity index (χ0n) is 10.6. The summed E-state index contributed by atoms with van der Waals surface area (Å²) in [5.74, 6) is -1.34. The highest BCUT2D eigenvalue weighted by atomic mass is 32.1. The molecule has 2 aromatic heterocycles. The summed E-state index contributed by atoms with van der Waals surface area (Å²) >= 11 is 2.41. The van der Waals surface area contributed by atoms with Crippen LogP contribution in [0.4, 0.5) is 14.5 Å². The van der Waals surface area contributed by atoms with Gasteiger partial charge in [0.2, 0.25) is 0 Å². The van der Waals surface area contributed by atoms with Gasteiger partial charge < -0.3 is 5.73 Å². The molecular formula is C15H8F2N2S2. The van der Waals surface area contributed by atoms with E-state index in [4.69, 9.17) is 11.0 Å². The van der Waals surface area contributed by atoms with Gasteiger partial charge in [-0.05, 0) is 23.6 Å². The summed E-state index contributed by atoms with van der Waals surface area (Å²) in [5.41, 5.74) is 6.64. The van der Waals surface area contributed by atoms with Crippen molar-refractivity contribution < 1.29 is 8.78 Å². The number of anilines is 1. The van der Waals surface area contributed by atoms with Crippen LogP contribution in [-0.2, 0) is 0 Å². The maximum atomic E-state index is 14.0. The molecule has 2 N–H and O–H groups in total. The van der Waals surface area contributed by atoms with E-state index in [9.17, 15) is 8.78 Å². The summed E-state index contributed by atoms with van der Waals surface area (Å²) in [4.78, 5) is 1.39. The smallest absolute Gasteiger partial charge is 0.134 e. The van der Waals surface area contributed by atoms with Crippen LogP contribution in [0.15, 0.2) is 35.7 Å². The zero-order valence-corrected chi connectivity index (χ0v) is 12.2. The molecule has 0 unspecified atom stereocenters. The molecule has 0 saturated heterocycles. The SMILES string of the molecule is N#Cc1sc(-c2c(F)cccc2F)c(-c2cccs2)c1N. The summed E-state index contributed by atoms with van der Waals surface area (Å²) < 4.78 is 28.1. The van der Waals surface area contributed by atoms with Crippen molar-refractivity contribution in [2.24, 2.45) is 0 Å². The number of hydrogen-bond donors (Lipinski definition) is 1. The van der Waals surface area contributed by atoms with Crippen LogP contribution in [0.25, 0.3) is 20.9 Å². The molecule has 0 atom stereocenters. The Morgan fingerprint density at radius 1 is 1.05 bits per heavy atom. The summed E-state index contributed by atoms with van der Waals surface area (Å²) in [5, 5.41) is 11.0. The fourth-order valence-corrected chi connectivity index (χ4v) is 4.02. The van der Waals surface area contributed by atoms with Crippen molar-refractivity contribution in [1.82, 2.24) is 0 Å². The lowest BCUT2D eigenvalue weighted by Crippen LogP contribution is -1.91. The van der Waals surface area contributed by atoms with Crippen LogP contribution < -0.4 is 5.73 Å². The Labute approximate surface area is 127 Å². The molecule has 0 radical (unpaired) electrons. The van der Waals surface area contributed by atoms with E-state index in [0.717, 1.165) is 16.2 Å². The van der Waals surface area contributed by atoms with Crippen LogP contribution >= 0.6 is 22.7 Å². The topological polar surface area (TPSA) is 49.8 Å². The average Bonchev–Trinajstić information content (AvgIpc) is 3.06. The molecule has 0 amide bonds. The third-order valence-electron chi connectivity index (χ3n) is 3.00. The number of nitrogens with zero attached hydrogens (tertiary/aromatic N) is 1. The largest absolute Gasteiger partial charge is 0.396 e. The number of halogens is 2. The second kappa shape index (κ2) is 5.28. The molecule has 2 heterocycles. The minimum Gasteiger partial charge on any atom is -0.396 e. The second-order valence-corrected chi connectivity index (χ2v) is 6.20. The van der Waals surface area contributed by atoms with Crippen LogP contribution in [0.2, 0.25) is 0 Å². The van der Waals surface area contributed by atoms with E-state index in [1.54, 1.807) is 0 Å². The number of benzene rings is 1. The number of hydrogen-bond acceptors (Lipinski definition) is 4. The molecule has 0 saturated carbocycles. The van der Waals surface area contributed by atoms with Crippen LogP contribution in [0.3, 0.4) is 0 Å². The summed E-state index contributed by atoms with van der Waals surface area (Å²) in [6.45, 7) is 0. The number of nitriles is 1. The lowest BCUT2D eigenvalue weighted by atomic mass is 10.1. The first-order valence-corrected chi connectivity index (χ1v) is 7.63. The highest BCUT2D eigenvalue weighted by molar-refractivity contribution is 7.19. The van der Waals surface area contributed by atoms with Gasteiger partial charge >= 0.3 is 0 Å². The molecule has 104 valence electrons. The van der Waals surface area contributed by atoms with E-state index in [-0.39, 0.29) is 16.1 Å². The molecule has 3 rings (SSSR count). The lowest BCUT2D eigenvalue weighted by Gasteiger charge is -2.06. The van der Waals surface area contributed by atoms with Gasteiger partial charge in [0.05, 0.1) is 16.1 Å². The molecule has 2 nitrogen and oxygen atoms in total. The molecule has 6 heteroatoms. The number of nitrogens with two attached hydrogens (primary N) is 1. The van der Waals surface area contributed by atoms with Gasteiger partial charge in [-0.15, -0.1) is 22.7 Å². The van der Waals surface area contributed by atoms with Gasteiger partial charge in [0.15, 0.2) is 0 Å². The molecule has 1 aromatic carbocycles. The Morgan fingerprint density at radius 2 is 1.76 bits per heavy atom. The van der Waals surface area contributed by atoms with Gasteiger partial charge in [0.1, 0.15) is 22.6 Å². The quantitative estimate of drug-likeness (QED) is 0.732. The Kier molecular flexibility index (Phi) is 3.45. The molecule has 0 fully saturated rings. The normalized spacial score (nSPS) is 10.5. The van der Waals surface area contributed by atoms with E-state index in [0.29, 0.717) is 10.4 Å². The van der Waals surface area contributed by atoms with Gasteiger partial charge in [-0.1, -0.05) is 12.1 Å². The van der Waals surface area contributed by atoms with Gasteiger partial charge in [0.25, 0.3) is 0 Å². The van der Waals surface area contributed by atoms with Gasteiger partial charge in [-0.3, -0.25) is 0 Å². The minimum absolute atomic E-state index is 0.140. The van der Waals surface area contributed by atoms with Crippen LogP contribution in [-0.4, -0.2) is 0 Å². The fraction of sp³-hybridized carbons (Fsp3) is 0. The van der Waals surface area contributed by atoms with E-state index in [1.807, 2.05) is 23.6 Å². The first-order valence-electron chi connectivity index (χ1n) is 5.94. The first kappa shape index (κ1) is 13.7. The lowest BCUT2D eigenvalue weighted by molar-refractivity contribution is 0.590. The van der Waals surface area contributed by atoms with Crippen molar-refractivity contribution in [2.45, 2.75) is 0 Å². The highest BCUT2D eigenvalue weighted by Gasteiger charge is 2.23. The summed E-state index contributed by atoms with van der Waals surface area (Å²) in [6.07, 6.45) is 0. The number of nitrogen functional groups attached to an aromatic ring is 1. The molecule has 0 bridgehead atoms. The van der Waals surface area contributed by atoms with E-state index < -0.39 is 11.6 Å². The van der Waals surface area contributed by atoms with Crippen molar-refractivity contribution in [3.8, 4) is 27.0 Å². The molecule has 0 aliphatic rings. The van der Waals surface area contributed by atoms with Crippen molar-refractivity contribution in [3.05, 3.63) is 52.2 Å². The number of thiophene rings is 2. The van der Waals surface area contributed by atoms with Crippen LogP contribution in [0.5, 0.6) is 0 Å². The third kappa shape index (κ3) is 2.20. The maximum absolute atomic E-state index is 14.0. The average molecular weight is 318 g/mol. The Balaban J connectivity index is 2.36. The molecule has 21 heavy (non-hydrogen) atoms. The van der Waals surface area contributed by atoms with Crippen molar-refractivity contribution in [3.63, 3.8) is 0 Å². The zero-order chi connectivity index (χ0) is 15.0. The standard InChI is InChI=1S/C15H8F2N2S2/c16-8-3-1-4-9(17)12(8)15-13(10-5-2-6-20-10)14(19)11(7-18)21-15/h1-6H,19H2. The molecule has 0 spiro atoms. The van der Waals surface area contributed by atoms with E-state index in [1.165, 1.54) is 29.5 Å². The summed E-state index contributed by atoms with van der Waals surface area (Å²) in [7, 11) is 0. The summed E-state index contributed by atoms with van der Waals surface area (Å²) in [6, 6.07) is 9.31. The predicted octanol–water partition coefficient (Wildman–Crippen LogP) is 4.88. The monoisotopic (exact) mass is 318 g/mol. The number of rotatable bonds is 2. The van der Waals surface area contributed by atoms with E-state index in [2.05, 4.69) is 0 Å². The third-order valence-corrected chi connectivity index (χ3v) is 5.02. The maximum Gasteiger partial charge on any atom is 0.134 e. The highest BCUT2D eigenvalue weighted by Crippen LogP contribution is 2.47. The second-order valence-electron chi connectivity index (χ2n) is 4.23.